The highest BCUT2D eigenvalue weighted by molar-refractivity contribution is 14.1. The van der Waals surface area contributed by atoms with Gasteiger partial charge in [-0.15, -0.1) is 0 Å². The predicted molar refractivity (Wildman–Crippen MR) is 143 cm³/mol. The van der Waals surface area contributed by atoms with E-state index in [2.05, 4.69) is 0 Å². The molecule has 0 aromatic heterocycles. The molecule has 1 aliphatic heterocycles. The molecule has 7 atom stereocenters. The maximum absolute atomic E-state index is 13.7. The van der Waals surface area contributed by atoms with E-state index in [0.29, 0.717) is 0 Å². The summed E-state index contributed by atoms with van der Waals surface area (Å²) >= 11 is 1.81. The third kappa shape index (κ3) is 4.22. The van der Waals surface area contributed by atoms with Gasteiger partial charge in [0, 0.05) is 29.5 Å². The van der Waals surface area contributed by atoms with Crippen molar-refractivity contribution in [2.45, 2.75) is 60.0 Å². The van der Waals surface area contributed by atoms with Crippen LogP contribution in [0.15, 0.2) is 18.2 Å². The molecule has 0 saturated carbocycles. The maximum Gasteiger partial charge on any atom is 0.202 e. The van der Waals surface area contributed by atoms with E-state index in [0.717, 1.165) is 0 Å². The Bertz CT molecular complexity index is 1420. The lowest BCUT2D eigenvalue weighted by Gasteiger charge is -2.43. The molecule has 1 fully saturated rings. The van der Waals surface area contributed by atoms with Gasteiger partial charge in [-0.2, -0.15) is 0 Å². The minimum Gasteiger partial charge on any atom is -0.507 e. The Labute approximate surface area is 241 Å². The number of aliphatic hydroxyl groups excluding tert-OH is 3. The smallest absolute Gasteiger partial charge is 0.202 e. The topological polar surface area (TPSA) is 200 Å². The molecule has 5 unspecified atom stereocenters. The number of ether oxygens (including phenoxy) is 3. The van der Waals surface area contributed by atoms with Crippen molar-refractivity contribution >= 4 is 39.9 Å². The number of benzene rings is 2. The van der Waals surface area contributed by atoms with Gasteiger partial charge in [0.25, 0.3) is 0 Å². The van der Waals surface area contributed by atoms with Gasteiger partial charge in [0.2, 0.25) is 5.78 Å². The number of ketones is 3. The number of carbonyl (C=O) groups excluding carboxylic acids is 3. The summed E-state index contributed by atoms with van der Waals surface area (Å²) in [6, 6.07) is 4.33. The molecule has 3 aliphatic rings. The summed E-state index contributed by atoms with van der Waals surface area (Å²) in [5, 5.41) is 64.3. The van der Waals surface area contributed by atoms with Crippen molar-refractivity contribution in [3.8, 4) is 17.2 Å². The molecule has 2 aromatic rings. The summed E-state index contributed by atoms with van der Waals surface area (Å²) in [5.74, 6) is -3.93. The number of aromatic hydroxyl groups is 2. The van der Waals surface area contributed by atoms with Gasteiger partial charge in [0.05, 0.1) is 46.0 Å². The zero-order valence-electron chi connectivity index (χ0n) is 21.3. The van der Waals surface area contributed by atoms with Crippen LogP contribution in [0.4, 0.5) is 0 Å². The molecule has 214 valence electrons. The van der Waals surface area contributed by atoms with E-state index in [9.17, 15) is 45.0 Å². The number of carbonyl (C=O) groups is 3. The molecule has 6 N–H and O–H groups in total. The van der Waals surface area contributed by atoms with Gasteiger partial charge < -0.3 is 44.8 Å². The van der Waals surface area contributed by atoms with E-state index < -0.39 is 99.7 Å². The number of halogens is 1. The number of aliphatic hydroxyl groups is 4. The quantitative estimate of drug-likeness (QED) is 0.125. The Hall–Kier alpha value is -2.66. The van der Waals surface area contributed by atoms with Gasteiger partial charge in [-0.25, -0.2) is 0 Å². The molecular weight excluding hydrogens is 643 g/mol. The second-order valence-electron chi connectivity index (χ2n) is 10.1. The number of rotatable bonds is 5. The van der Waals surface area contributed by atoms with Crippen molar-refractivity contribution in [3.63, 3.8) is 0 Å². The molecule has 2 aliphatic carbocycles. The number of phenolic OH excluding ortho intramolecular Hbond substituents is 2. The van der Waals surface area contributed by atoms with Crippen molar-refractivity contribution in [2.24, 2.45) is 0 Å². The first-order chi connectivity index (χ1) is 18.9. The number of methoxy groups -OCH3 is 1. The first-order valence-corrected chi connectivity index (χ1v) is 13.7. The molecule has 0 radical (unpaired) electrons. The Morgan fingerprint density at radius 2 is 1.77 bits per heavy atom. The molecular formula is C27H27IO12. The van der Waals surface area contributed by atoms with Gasteiger partial charge in [-0.3, -0.25) is 14.4 Å². The average molecular weight is 670 g/mol. The van der Waals surface area contributed by atoms with E-state index in [1.165, 1.54) is 32.2 Å². The second kappa shape index (κ2) is 10.3. The number of hydrogen-bond acceptors (Lipinski definition) is 12. The van der Waals surface area contributed by atoms with E-state index >= 15 is 0 Å². The number of Topliss-reactive ketones (excluding diaryl/α,β-unsaturated/α-hetero) is 1. The average Bonchev–Trinajstić information content (AvgIpc) is 2.94. The van der Waals surface area contributed by atoms with Crippen LogP contribution in [0.3, 0.4) is 0 Å². The highest BCUT2D eigenvalue weighted by Crippen LogP contribution is 2.52. The molecule has 5 rings (SSSR count). The minimum absolute atomic E-state index is 0.0679. The molecule has 40 heavy (non-hydrogen) atoms. The van der Waals surface area contributed by atoms with Crippen LogP contribution in [0, 0.1) is 0 Å². The van der Waals surface area contributed by atoms with Crippen LogP contribution in [0.25, 0.3) is 0 Å². The zero-order chi connectivity index (χ0) is 29.3. The lowest BCUT2D eigenvalue weighted by atomic mass is 9.72. The van der Waals surface area contributed by atoms with Crippen LogP contribution >= 0.6 is 22.6 Å². The minimum atomic E-state index is -2.29. The highest BCUT2D eigenvalue weighted by Gasteiger charge is 2.51. The number of phenols is 2. The van der Waals surface area contributed by atoms with Crippen LogP contribution in [0.1, 0.15) is 62.4 Å². The van der Waals surface area contributed by atoms with Gasteiger partial charge in [-0.1, -0.05) is 34.7 Å². The second-order valence-corrected chi connectivity index (χ2v) is 11.6. The third-order valence-corrected chi connectivity index (χ3v) is 9.13. The molecule has 1 saturated heterocycles. The SMILES string of the molecule is COc1cccc2c1C(=O)c1c(O)c3c(c(O)c1C2=O)C[C@@](O)(C(=O)CO)C[C@@H]3OC1OC(C)C(O)C(O)C1I. The first-order valence-electron chi connectivity index (χ1n) is 12.4. The number of fused-ring (bicyclic) bond motifs is 3. The summed E-state index contributed by atoms with van der Waals surface area (Å²) in [6.45, 7) is 0.458. The Morgan fingerprint density at radius 3 is 2.42 bits per heavy atom. The molecule has 1 heterocycles. The lowest BCUT2D eigenvalue weighted by Crippen LogP contribution is -2.55. The molecule has 13 heteroatoms. The third-order valence-electron chi connectivity index (χ3n) is 7.80. The van der Waals surface area contributed by atoms with E-state index in [-0.39, 0.29) is 28.0 Å². The molecule has 2 aromatic carbocycles. The van der Waals surface area contributed by atoms with Gasteiger partial charge >= 0.3 is 0 Å². The molecule has 0 bridgehead atoms. The molecule has 0 amide bonds. The predicted octanol–water partition coefficient (Wildman–Crippen LogP) is 0.448. The molecule has 12 nitrogen and oxygen atoms in total. The van der Waals surface area contributed by atoms with Crippen molar-refractivity contribution in [1.82, 2.24) is 0 Å². The van der Waals surface area contributed by atoms with E-state index in [1.807, 2.05) is 0 Å². The lowest BCUT2D eigenvalue weighted by molar-refractivity contribution is -0.259. The summed E-state index contributed by atoms with van der Waals surface area (Å²) in [5.41, 5.74) is -3.84. The summed E-state index contributed by atoms with van der Waals surface area (Å²) in [4.78, 5) is 39.8. The van der Waals surface area contributed by atoms with Crippen LogP contribution < -0.4 is 4.74 Å². The Balaban J connectivity index is 1.70. The van der Waals surface area contributed by atoms with Crippen LogP contribution in [0.2, 0.25) is 0 Å². The summed E-state index contributed by atoms with van der Waals surface area (Å²) in [6.07, 6.45) is -7.14. The largest absolute Gasteiger partial charge is 0.507 e. The monoisotopic (exact) mass is 670 g/mol. The normalized spacial score (nSPS) is 31.3. The highest BCUT2D eigenvalue weighted by atomic mass is 127. The molecule has 0 spiro atoms. The van der Waals surface area contributed by atoms with Crippen LogP contribution in [-0.4, -0.2) is 95.8 Å². The fourth-order valence-corrected chi connectivity index (χ4v) is 6.42. The van der Waals surface area contributed by atoms with E-state index in [4.69, 9.17) is 14.2 Å². The first kappa shape index (κ1) is 28.9. The zero-order valence-corrected chi connectivity index (χ0v) is 23.5. The number of hydrogen-bond donors (Lipinski definition) is 6. The van der Waals surface area contributed by atoms with Crippen LogP contribution in [-0.2, 0) is 20.7 Å². The van der Waals surface area contributed by atoms with Gasteiger partial charge in [0.1, 0.15) is 35.6 Å². The van der Waals surface area contributed by atoms with Crippen molar-refractivity contribution < 1.29 is 59.2 Å². The van der Waals surface area contributed by atoms with Gasteiger partial charge in [0.15, 0.2) is 17.9 Å². The summed E-state index contributed by atoms with van der Waals surface area (Å²) in [7, 11) is 1.31. The van der Waals surface area contributed by atoms with Crippen LogP contribution in [0.5, 0.6) is 17.2 Å². The fourth-order valence-electron chi connectivity index (χ4n) is 5.66. The maximum atomic E-state index is 13.7. The van der Waals surface area contributed by atoms with Crippen molar-refractivity contribution in [1.29, 1.82) is 0 Å². The Kier molecular flexibility index (Phi) is 7.44. The van der Waals surface area contributed by atoms with Crippen molar-refractivity contribution in [2.75, 3.05) is 13.7 Å². The Morgan fingerprint density at radius 1 is 1.10 bits per heavy atom. The summed E-state index contributed by atoms with van der Waals surface area (Å²) < 4.78 is 16.2. The van der Waals surface area contributed by atoms with E-state index in [1.54, 1.807) is 22.6 Å². The van der Waals surface area contributed by atoms with Gasteiger partial charge in [-0.05, 0) is 13.0 Å². The number of alkyl halides is 1. The fraction of sp³-hybridized carbons (Fsp3) is 0.444. The standard InChI is InChI=1S/C27H27IO12/c1-9-20(31)25(36)19(28)26(39-9)40-13-7-27(37,14(30)8-29)6-11-16(13)24(35)18-17(22(11)33)21(32)10-4-3-5-12(38-2)15(10)23(18)34/h3-5,9,13,19-20,25-26,29,31,33,35-37H,6-8H2,1-2H3/t9?,13-,19?,20?,25?,26?,27-/m0/s1. The van der Waals surface area contributed by atoms with Crippen molar-refractivity contribution in [3.05, 3.63) is 51.6 Å².